The fourth-order valence-corrected chi connectivity index (χ4v) is 6.99. The Morgan fingerprint density at radius 1 is 0.784 bits per heavy atom. The molecule has 1 heterocycles. The number of amidine groups is 1. The largest absolute Gasteiger partial charge is 0.457 e. The number of fused-ring (bicyclic) bond motifs is 3. The first kappa shape index (κ1) is 32.0. The second-order valence-corrected chi connectivity index (χ2v) is 12.9. The van der Waals surface area contributed by atoms with Gasteiger partial charge in [0, 0.05) is 11.1 Å². The van der Waals surface area contributed by atoms with Crippen molar-refractivity contribution in [2.75, 3.05) is 0 Å². The van der Waals surface area contributed by atoms with Crippen LogP contribution in [0.25, 0.3) is 32.7 Å². The Morgan fingerprint density at radius 2 is 1.55 bits per heavy atom. The molecule has 0 amide bonds. The van der Waals surface area contributed by atoms with E-state index in [9.17, 15) is 0 Å². The molecule has 2 N–H and O–H groups in total. The maximum Gasteiger partial charge on any atom is 0.132 e. The predicted molar refractivity (Wildman–Crippen MR) is 213 cm³/mol. The van der Waals surface area contributed by atoms with Crippen LogP contribution in [0.15, 0.2) is 193 Å². The monoisotopic (exact) mass is 661 g/mol. The summed E-state index contributed by atoms with van der Waals surface area (Å²) in [7, 11) is 0. The zero-order valence-electron chi connectivity index (χ0n) is 28.6. The first-order valence-electron chi connectivity index (χ1n) is 17.4. The van der Waals surface area contributed by atoms with Gasteiger partial charge in [-0.3, -0.25) is 5.32 Å². The van der Waals surface area contributed by atoms with Crippen molar-refractivity contribution in [2.45, 2.75) is 25.7 Å². The van der Waals surface area contributed by atoms with Crippen molar-refractivity contribution in [1.82, 2.24) is 10.6 Å². The smallest absolute Gasteiger partial charge is 0.132 e. The normalized spacial score (nSPS) is 18.1. The van der Waals surface area contributed by atoms with E-state index < -0.39 is 0 Å². The van der Waals surface area contributed by atoms with Gasteiger partial charge >= 0.3 is 0 Å². The van der Waals surface area contributed by atoms with Gasteiger partial charge in [-0.25, -0.2) is 4.99 Å². The summed E-state index contributed by atoms with van der Waals surface area (Å²) in [4.78, 5) is 5.25. The summed E-state index contributed by atoms with van der Waals surface area (Å²) in [6, 6.07) is 44.5. The van der Waals surface area contributed by atoms with Crippen molar-refractivity contribution in [3.8, 4) is 22.6 Å². The van der Waals surface area contributed by atoms with E-state index in [0.29, 0.717) is 0 Å². The molecule has 8 rings (SSSR count). The molecule has 0 radical (unpaired) electrons. The van der Waals surface area contributed by atoms with Gasteiger partial charge in [-0.15, -0.1) is 0 Å². The molecule has 0 spiro atoms. The van der Waals surface area contributed by atoms with Gasteiger partial charge < -0.3 is 10.1 Å². The molecule has 0 aromatic heterocycles. The first-order chi connectivity index (χ1) is 25.1. The molecule has 248 valence electrons. The molecule has 2 unspecified atom stereocenters. The van der Waals surface area contributed by atoms with Crippen LogP contribution in [0.1, 0.15) is 29.3 Å². The molecule has 0 saturated heterocycles. The summed E-state index contributed by atoms with van der Waals surface area (Å²) in [6.07, 6.45) is 15.0. The maximum absolute atomic E-state index is 6.57. The minimum Gasteiger partial charge on any atom is -0.457 e. The lowest BCUT2D eigenvalue weighted by atomic mass is 9.93. The standard InChI is InChI=1S/C47H39N3O/c1-3-15-37(30-33-16-6-4-7-17-33)46-48-45(35-18-8-5-9-19-35)49-47(50-46)39-24-14-25-44(32(39)2)51-38-28-26-34(27-29-38)43-31-36-20-10-11-21-40(36)41-22-12-13-23-42(41)43/h3-16,18-31,45-46,48H,1,17H2,2H3,(H,49,50)/b33-30-,37-15+. The Morgan fingerprint density at radius 3 is 2.33 bits per heavy atom. The molecule has 2 atom stereocenters. The van der Waals surface area contributed by atoms with E-state index in [1.54, 1.807) is 0 Å². The van der Waals surface area contributed by atoms with E-state index in [0.717, 1.165) is 51.6 Å². The lowest BCUT2D eigenvalue weighted by Gasteiger charge is -2.33. The van der Waals surface area contributed by atoms with Gasteiger partial charge in [0.2, 0.25) is 0 Å². The number of hydrogen-bond donors (Lipinski definition) is 2. The number of ether oxygens (including phenoxy) is 1. The Balaban J connectivity index is 1.11. The van der Waals surface area contributed by atoms with Crippen LogP contribution >= 0.6 is 0 Å². The third-order valence-electron chi connectivity index (χ3n) is 9.59. The van der Waals surface area contributed by atoms with Gasteiger partial charge in [0.1, 0.15) is 29.7 Å². The fraction of sp³-hybridized carbons (Fsp3) is 0.0851. The molecule has 1 aliphatic heterocycles. The second kappa shape index (κ2) is 14.3. The SMILES string of the molecule is C=C/C=C(\C=C1\C=CC=CC1)C1N=C(c2cccc(Oc3ccc(-c4cc5ccccc5c5ccccc45)cc3)c2C)NC(c2ccccc2)N1. The molecular formula is C47H39N3O. The zero-order chi connectivity index (χ0) is 34.6. The van der Waals surface area contributed by atoms with Crippen molar-refractivity contribution >= 4 is 27.4 Å². The molecule has 0 bridgehead atoms. The molecule has 1 aliphatic carbocycles. The Hall–Kier alpha value is -6.23. The van der Waals surface area contributed by atoms with E-state index in [1.807, 2.05) is 30.4 Å². The van der Waals surface area contributed by atoms with Crippen LogP contribution < -0.4 is 15.4 Å². The topological polar surface area (TPSA) is 45.6 Å². The maximum atomic E-state index is 6.57. The van der Waals surface area contributed by atoms with Gasteiger partial charge in [-0.05, 0) is 87.0 Å². The third-order valence-corrected chi connectivity index (χ3v) is 9.59. The highest BCUT2D eigenvalue weighted by Crippen LogP contribution is 2.36. The van der Waals surface area contributed by atoms with Crippen molar-refractivity contribution in [1.29, 1.82) is 0 Å². The molecular weight excluding hydrogens is 623 g/mol. The van der Waals surface area contributed by atoms with Crippen molar-refractivity contribution in [3.63, 3.8) is 0 Å². The second-order valence-electron chi connectivity index (χ2n) is 12.9. The first-order valence-corrected chi connectivity index (χ1v) is 17.4. The number of hydrogen-bond acceptors (Lipinski definition) is 4. The summed E-state index contributed by atoms with van der Waals surface area (Å²) in [6.45, 7) is 6.11. The highest BCUT2D eigenvalue weighted by molar-refractivity contribution is 6.13. The quantitative estimate of drug-likeness (QED) is 0.126. The van der Waals surface area contributed by atoms with Gasteiger partial charge in [-0.1, -0.05) is 152 Å². The summed E-state index contributed by atoms with van der Waals surface area (Å²) in [5.74, 6) is 2.37. The van der Waals surface area contributed by atoms with Crippen molar-refractivity contribution in [2.24, 2.45) is 4.99 Å². The van der Waals surface area contributed by atoms with Gasteiger partial charge in [0.05, 0.1) is 0 Å². The van der Waals surface area contributed by atoms with Crippen LogP contribution in [0.5, 0.6) is 11.5 Å². The molecule has 2 aliphatic rings. The average Bonchev–Trinajstić information content (AvgIpc) is 3.19. The van der Waals surface area contributed by atoms with Gasteiger partial charge in [0.25, 0.3) is 0 Å². The molecule has 6 aromatic rings. The Labute approximate surface area is 299 Å². The molecule has 0 saturated carbocycles. The number of allylic oxidation sites excluding steroid dienone is 7. The summed E-state index contributed by atoms with van der Waals surface area (Å²) in [5, 5.41) is 12.4. The average molecular weight is 662 g/mol. The van der Waals surface area contributed by atoms with E-state index in [-0.39, 0.29) is 12.3 Å². The van der Waals surface area contributed by atoms with Crippen LogP contribution in [0, 0.1) is 6.92 Å². The van der Waals surface area contributed by atoms with Gasteiger partial charge in [-0.2, -0.15) is 0 Å². The minimum atomic E-state index is -0.293. The number of rotatable bonds is 8. The van der Waals surface area contributed by atoms with E-state index in [1.165, 1.54) is 32.7 Å². The Kier molecular flexibility index (Phi) is 8.99. The van der Waals surface area contributed by atoms with Crippen LogP contribution in [0.3, 0.4) is 0 Å². The molecule has 4 nitrogen and oxygen atoms in total. The molecule has 51 heavy (non-hydrogen) atoms. The van der Waals surface area contributed by atoms with E-state index >= 15 is 0 Å². The lowest BCUT2D eigenvalue weighted by Crippen LogP contribution is -2.49. The molecule has 0 fully saturated rings. The molecule has 6 aromatic carbocycles. The Bertz CT molecular complexity index is 2400. The van der Waals surface area contributed by atoms with E-state index in [4.69, 9.17) is 9.73 Å². The van der Waals surface area contributed by atoms with Crippen LogP contribution in [0.2, 0.25) is 0 Å². The fourth-order valence-electron chi connectivity index (χ4n) is 6.99. The highest BCUT2D eigenvalue weighted by atomic mass is 16.5. The summed E-state index contributed by atoms with van der Waals surface area (Å²) >= 11 is 0. The highest BCUT2D eigenvalue weighted by Gasteiger charge is 2.27. The van der Waals surface area contributed by atoms with Crippen molar-refractivity contribution < 1.29 is 4.74 Å². The number of nitrogens with one attached hydrogen (secondary N) is 2. The van der Waals surface area contributed by atoms with Crippen LogP contribution in [-0.2, 0) is 0 Å². The minimum absolute atomic E-state index is 0.153. The third kappa shape index (κ3) is 6.70. The predicted octanol–water partition coefficient (Wildman–Crippen LogP) is 11.3. The van der Waals surface area contributed by atoms with Crippen molar-refractivity contribution in [3.05, 3.63) is 204 Å². The van der Waals surface area contributed by atoms with Gasteiger partial charge in [0.15, 0.2) is 0 Å². The summed E-state index contributed by atoms with van der Waals surface area (Å²) < 4.78 is 6.57. The number of aliphatic imine (C=N–C) groups is 1. The van der Waals surface area contributed by atoms with E-state index in [2.05, 4.69) is 164 Å². The number of benzene rings is 6. The molecule has 4 heteroatoms. The van der Waals surface area contributed by atoms with Crippen LogP contribution in [-0.4, -0.2) is 12.0 Å². The summed E-state index contributed by atoms with van der Waals surface area (Å²) in [5.41, 5.74) is 7.76. The lowest BCUT2D eigenvalue weighted by molar-refractivity contribution is 0.434. The number of nitrogens with zero attached hydrogens (tertiary/aromatic N) is 1. The van der Waals surface area contributed by atoms with Crippen LogP contribution in [0.4, 0.5) is 0 Å². The zero-order valence-corrected chi connectivity index (χ0v) is 28.6.